The van der Waals surface area contributed by atoms with Gasteiger partial charge in [-0.25, -0.2) is 4.79 Å². The Labute approximate surface area is 175 Å². The molecule has 28 heavy (non-hydrogen) atoms. The molecular formula is C25H49NO2. The summed E-state index contributed by atoms with van der Waals surface area (Å²) in [6.45, 7) is 4.49. The topological polar surface area (TPSA) is 52.3 Å². The third-order valence-corrected chi connectivity index (χ3v) is 5.34. The molecule has 0 aromatic rings. The van der Waals surface area contributed by atoms with Crippen molar-refractivity contribution in [1.29, 1.82) is 0 Å². The van der Waals surface area contributed by atoms with Crippen LogP contribution in [0.3, 0.4) is 0 Å². The third kappa shape index (κ3) is 23.0. The minimum Gasteiger partial charge on any atom is -0.462 e. The third-order valence-electron chi connectivity index (χ3n) is 5.34. The number of allylic oxidation sites excluding steroid dienone is 1. The molecule has 0 radical (unpaired) electrons. The maximum absolute atomic E-state index is 11.3. The van der Waals surface area contributed by atoms with Crippen LogP contribution in [0.4, 0.5) is 0 Å². The number of unbranched alkanes of at least 4 members (excludes halogenated alkanes) is 18. The van der Waals surface area contributed by atoms with Crippen molar-refractivity contribution >= 4 is 5.97 Å². The molecule has 0 atom stereocenters. The second-order valence-corrected chi connectivity index (χ2v) is 8.42. The Hall–Kier alpha value is -0.990. The molecule has 0 aliphatic heterocycles. The van der Waals surface area contributed by atoms with Gasteiger partial charge >= 0.3 is 5.97 Å². The van der Waals surface area contributed by atoms with E-state index in [1.54, 1.807) is 6.92 Å². The molecule has 166 valence electrons. The molecule has 0 aliphatic carbocycles. The Morgan fingerprint density at radius 2 is 0.964 bits per heavy atom. The fourth-order valence-corrected chi connectivity index (χ4v) is 3.58. The highest BCUT2D eigenvalue weighted by Crippen LogP contribution is 2.14. The maximum Gasteiger partial charge on any atom is 0.332 e. The van der Waals surface area contributed by atoms with Gasteiger partial charge in [0, 0.05) is 11.8 Å². The van der Waals surface area contributed by atoms with Crippen LogP contribution >= 0.6 is 0 Å². The summed E-state index contributed by atoms with van der Waals surface area (Å²) in [4.78, 5) is 11.3. The number of nitrogens with two attached hydrogens (primary N) is 1. The quantitative estimate of drug-likeness (QED) is 0.122. The zero-order chi connectivity index (χ0) is 20.7. The van der Waals surface area contributed by atoms with Crippen LogP contribution in [0.1, 0.15) is 136 Å². The number of hydrogen-bond donors (Lipinski definition) is 1. The molecule has 3 heteroatoms. The molecule has 0 amide bonds. The van der Waals surface area contributed by atoms with Crippen molar-refractivity contribution in [2.24, 2.45) is 5.73 Å². The lowest BCUT2D eigenvalue weighted by Gasteiger charge is -2.04. The smallest absolute Gasteiger partial charge is 0.332 e. The van der Waals surface area contributed by atoms with Crippen LogP contribution in [0.5, 0.6) is 0 Å². The second-order valence-electron chi connectivity index (χ2n) is 8.42. The van der Waals surface area contributed by atoms with E-state index < -0.39 is 0 Å². The fourth-order valence-electron chi connectivity index (χ4n) is 3.58. The number of carbonyl (C=O) groups excluding carboxylic acids is 1. The van der Waals surface area contributed by atoms with Crippen LogP contribution in [-0.4, -0.2) is 12.6 Å². The van der Waals surface area contributed by atoms with Gasteiger partial charge < -0.3 is 10.5 Å². The van der Waals surface area contributed by atoms with Crippen molar-refractivity contribution in [2.75, 3.05) is 6.61 Å². The van der Waals surface area contributed by atoms with E-state index in [2.05, 4.69) is 6.92 Å². The monoisotopic (exact) mass is 395 g/mol. The first-order valence-electron chi connectivity index (χ1n) is 12.3. The molecule has 2 N–H and O–H groups in total. The Bertz CT molecular complexity index is 362. The predicted octanol–water partition coefficient (Wildman–Crippen LogP) is 7.82. The Morgan fingerprint density at radius 3 is 1.29 bits per heavy atom. The Kier molecular flexibility index (Phi) is 21.5. The van der Waals surface area contributed by atoms with Crippen molar-refractivity contribution in [3.63, 3.8) is 0 Å². The predicted molar refractivity (Wildman–Crippen MR) is 122 cm³/mol. The van der Waals surface area contributed by atoms with Crippen LogP contribution in [-0.2, 0) is 9.53 Å². The van der Waals surface area contributed by atoms with Crippen LogP contribution in [0, 0.1) is 0 Å². The van der Waals surface area contributed by atoms with Crippen molar-refractivity contribution in [3.8, 4) is 0 Å². The van der Waals surface area contributed by atoms with Gasteiger partial charge in [0.2, 0.25) is 0 Å². The Morgan fingerprint density at radius 1 is 0.643 bits per heavy atom. The first-order chi connectivity index (χ1) is 13.7. The molecule has 0 rings (SSSR count). The normalized spacial score (nSPS) is 11.7. The summed E-state index contributed by atoms with van der Waals surface area (Å²) in [5.41, 5.74) is 5.93. The van der Waals surface area contributed by atoms with Crippen LogP contribution in [0.25, 0.3) is 0 Å². The summed E-state index contributed by atoms with van der Waals surface area (Å²) in [5.74, 6) is -0.317. The summed E-state index contributed by atoms with van der Waals surface area (Å²) in [5, 5.41) is 0. The average molecular weight is 396 g/mol. The van der Waals surface area contributed by atoms with E-state index in [4.69, 9.17) is 10.5 Å². The van der Waals surface area contributed by atoms with Gasteiger partial charge in [0.1, 0.15) is 0 Å². The van der Waals surface area contributed by atoms with Crippen LogP contribution in [0.2, 0.25) is 0 Å². The SMILES string of the molecule is CCCCCCCCCCCCCCCCCCCCCOC(=O)/C=C(/C)N. The van der Waals surface area contributed by atoms with E-state index in [-0.39, 0.29) is 5.97 Å². The molecule has 0 aromatic heterocycles. The summed E-state index contributed by atoms with van der Waals surface area (Å²) in [6, 6.07) is 0. The molecule has 0 bridgehead atoms. The summed E-state index contributed by atoms with van der Waals surface area (Å²) in [6.07, 6.45) is 27.4. The zero-order valence-corrected chi connectivity index (χ0v) is 19.1. The molecule has 0 spiro atoms. The van der Waals surface area contributed by atoms with E-state index in [1.807, 2.05) is 0 Å². The zero-order valence-electron chi connectivity index (χ0n) is 19.1. The summed E-state index contributed by atoms with van der Waals surface area (Å²) >= 11 is 0. The lowest BCUT2D eigenvalue weighted by molar-refractivity contribution is -0.137. The lowest BCUT2D eigenvalue weighted by atomic mass is 10.0. The number of esters is 1. The molecular weight excluding hydrogens is 346 g/mol. The molecule has 0 unspecified atom stereocenters. The molecule has 0 heterocycles. The number of rotatable bonds is 21. The largest absolute Gasteiger partial charge is 0.462 e. The van der Waals surface area contributed by atoms with E-state index in [1.165, 1.54) is 115 Å². The van der Waals surface area contributed by atoms with Crippen LogP contribution < -0.4 is 5.73 Å². The van der Waals surface area contributed by atoms with Gasteiger partial charge in [-0.1, -0.05) is 122 Å². The van der Waals surface area contributed by atoms with Gasteiger partial charge in [-0.05, 0) is 13.3 Å². The molecule has 0 fully saturated rings. The summed E-state index contributed by atoms with van der Waals surface area (Å²) < 4.78 is 5.09. The number of carbonyl (C=O) groups is 1. The first kappa shape index (κ1) is 27.0. The Balaban J connectivity index is 3.09. The number of ether oxygens (including phenoxy) is 1. The molecule has 3 nitrogen and oxygen atoms in total. The van der Waals surface area contributed by atoms with Crippen molar-refractivity contribution in [1.82, 2.24) is 0 Å². The van der Waals surface area contributed by atoms with E-state index >= 15 is 0 Å². The van der Waals surface area contributed by atoms with Gasteiger partial charge in [-0.3, -0.25) is 0 Å². The van der Waals surface area contributed by atoms with Gasteiger partial charge in [0.25, 0.3) is 0 Å². The van der Waals surface area contributed by atoms with Gasteiger partial charge in [0.05, 0.1) is 6.61 Å². The molecule has 0 saturated carbocycles. The molecule has 0 aromatic carbocycles. The van der Waals surface area contributed by atoms with Gasteiger partial charge in [0.15, 0.2) is 0 Å². The number of hydrogen-bond acceptors (Lipinski definition) is 3. The van der Waals surface area contributed by atoms with Gasteiger partial charge in [-0.2, -0.15) is 0 Å². The lowest BCUT2D eigenvalue weighted by Crippen LogP contribution is -2.05. The van der Waals surface area contributed by atoms with Crippen molar-refractivity contribution < 1.29 is 9.53 Å². The highest BCUT2D eigenvalue weighted by Gasteiger charge is 1.98. The van der Waals surface area contributed by atoms with Crippen LogP contribution in [0.15, 0.2) is 11.8 Å². The minimum absolute atomic E-state index is 0.317. The molecule has 0 saturated heterocycles. The summed E-state index contributed by atoms with van der Waals surface area (Å²) in [7, 11) is 0. The minimum atomic E-state index is -0.317. The van der Waals surface area contributed by atoms with E-state index in [0.29, 0.717) is 12.3 Å². The highest BCUT2D eigenvalue weighted by molar-refractivity contribution is 5.82. The fraction of sp³-hybridized carbons (Fsp3) is 0.880. The van der Waals surface area contributed by atoms with Crippen molar-refractivity contribution in [2.45, 2.75) is 136 Å². The van der Waals surface area contributed by atoms with E-state index in [0.717, 1.165) is 12.8 Å². The molecule has 0 aliphatic rings. The standard InChI is InChI=1S/C25H49NO2/c1-3-4-5-6-7-8-9-10-11-12-13-14-15-16-17-18-19-20-21-22-28-25(27)23-24(2)26/h23H,3-22,26H2,1-2H3/b24-23-. The van der Waals surface area contributed by atoms with Crippen molar-refractivity contribution in [3.05, 3.63) is 11.8 Å². The maximum atomic E-state index is 11.3. The second kappa shape index (κ2) is 22.3. The van der Waals surface area contributed by atoms with E-state index in [9.17, 15) is 4.79 Å². The highest BCUT2D eigenvalue weighted by atomic mass is 16.5. The van der Waals surface area contributed by atoms with Gasteiger partial charge in [-0.15, -0.1) is 0 Å². The average Bonchev–Trinajstić information content (AvgIpc) is 2.66. The first-order valence-corrected chi connectivity index (χ1v) is 12.3.